The van der Waals surface area contributed by atoms with Crippen LogP contribution >= 0.6 is 0 Å². The van der Waals surface area contributed by atoms with Crippen molar-refractivity contribution in [1.82, 2.24) is 9.88 Å². The maximum atomic E-state index is 13.1. The largest absolute Gasteiger partial charge is 0.460 e. The molecular weight excluding hydrogens is 368 g/mol. The first kappa shape index (κ1) is 21.1. The van der Waals surface area contributed by atoms with E-state index in [-0.39, 0.29) is 12.5 Å². The van der Waals surface area contributed by atoms with Gasteiger partial charge in [0.05, 0.1) is 12.2 Å². The van der Waals surface area contributed by atoms with Gasteiger partial charge in [-0.05, 0) is 50.2 Å². The molecule has 6 nitrogen and oxygen atoms in total. The van der Waals surface area contributed by atoms with E-state index in [1.54, 1.807) is 21.0 Å². The first-order chi connectivity index (χ1) is 14.0. The van der Waals surface area contributed by atoms with Gasteiger partial charge in [0.2, 0.25) is 0 Å². The summed E-state index contributed by atoms with van der Waals surface area (Å²) in [4.78, 5) is 30.4. The van der Waals surface area contributed by atoms with E-state index >= 15 is 0 Å². The predicted octanol–water partition coefficient (Wildman–Crippen LogP) is 3.53. The number of carbonyl (C=O) groups is 2. The monoisotopic (exact) mass is 398 g/mol. The molecule has 1 aromatic heterocycles. The maximum Gasteiger partial charge on any atom is 0.340 e. The van der Waals surface area contributed by atoms with Crippen molar-refractivity contribution in [2.24, 2.45) is 5.92 Å². The lowest BCUT2D eigenvalue weighted by molar-refractivity contribution is 0.0387. The van der Waals surface area contributed by atoms with E-state index in [4.69, 9.17) is 9.47 Å². The molecule has 2 heterocycles. The fourth-order valence-electron chi connectivity index (χ4n) is 4.01. The van der Waals surface area contributed by atoms with Gasteiger partial charge in [0.25, 0.3) is 5.91 Å². The number of rotatable bonds is 7. The molecular formula is C23H30N2O4. The molecule has 0 unspecified atom stereocenters. The van der Waals surface area contributed by atoms with Crippen molar-refractivity contribution in [3.63, 3.8) is 0 Å². The van der Waals surface area contributed by atoms with E-state index in [2.05, 4.69) is 29.2 Å². The van der Waals surface area contributed by atoms with Crippen LogP contribution < -0.4 is 0 Å². The average Bonchev–Trinajstić information content (AvgIpc) is 3.03. The number of hydrogen-bond donors (Lipinski definition) is 1. The van der Waals surface area contributed by atoms with E-state index < -0.39 is 5.97 Å². The summed E-state index contributed by atoms with van der Waals surface area (Å²) in [5, 5.41) is 0. The molecule has 3 rings (SSSR count). The van der Waals surface area contributed by atoms with Crippen LogP contribution in [-0.2, 0) is 15.9 Å². The van der Waals surface area contributed by atoms with Gasteiger partial charge >= 0.3 is 5.97 Å². The number of nitrogens with zero attached hydrogens (tertiary/aromatic N) is 1. The van der Waals surface area contributed by atoms with Gasteiger partial charge in [0, 0.05) is 25.9 Å². The molecule has 1 saturated heterocycles. The van der Waals surface area contributed by atoms with Crippen LogP contribution in [0.5, 0.6) is 0 Å². The van der Waals surface area contributed by atoms with Crippen LogP contribution in [0.2, 0.25) is 0 Å². The summed E-state index contributed by atoms with van der Waals surface area (Å²) in [6.07, 6.45) is 3.04. The second-order valence-electron chi connectivity index (χ2n) is 7.68. The van der Waals surface area contributed by atoms with Crippen molar-refractivity contribution in [3.8, 4) is 0 Å². The number of amides is 1. The second-order valence-corrected chi connectivity index (χ2v) is 7.68. The van der Waals surface area contributed by atoms with Crippen LogP contribution in [0.25, 0.3) is 0 Å². The third-order valence-electron chi connectivity index (χ3n) is 5.65. The first-order valence-corrected chi connectivity index (χ1v) is 10.2. The Labute approximate surface area is 172 Å². The molecule has 1 aromatic carbocycles. The van der Waals surface area contributed by atoms with Crippen molar-refractivity contribution < 1.29 is 19.1 Å². The summed E-state index contributed by atoms with van der Waals surface area (Å²) in [6.45, 7) is 5.60. The standard InChI is InChI=1S/C23H30N2O4/c1-16-20(23(27)29-14-13-28-3)17(2)24-21(16)22(26)25-11-9-19(10-12-25)15-18-7-5-4-6-8-18/h4-8,19,24H,9-15H2,1-3H3. The van der Waals surface area contributed by atoms with Crippen molar-refractivity contribution in [1.29, 1.82) is 0 Å². The summed E-state index contributed by atoms with van der Waals surface area (Å²) in [6, 6.07) is 10.5. The topological polar surface area (TPSA) is 71.6 Å². The summed E-state index contributed by atoms with van der Waals surface area (Å²) < 4.78 is 10.1. The van der Waals surface area contributed by atoms with E-state index in [1.807, 2.05) is 11.0 Å². The number of likely N-dealkylation sites (tertiary alicyclic amines) is 1. The molecule has 0 aliphatic carbocycles. The molecule has 0 spiro atoms. The number of aryl methyl sites for hydroxylation is 1. The molecule has 2 aromatic rings. The Kier molecular flexibility index (Phi) is 7.09. The van der Waals surface area contributed by atoms with Gasteiger partial charge in [-0.1, -0.05) is 30.3 Å². The van der Waals surface area contributed by atoms with Crippen LogP contribution in [0.4, 0.5) is 0 Å². The molecule has 1 N–H and O–H groups in total. The van der Waals surface area contributed by atoms with Gasteiger partial charge < -0.3 is 19.4 Å². The molecule has 6 heteroatoms. The van der Waals surface area contributed by atoms with Crippen LogP contribution in [0, 0.1) is 19.8 Å². The number of aromatic amines is 1. The number of carbonyl (C=O) groups excluding carboxylic acids is 2. The minimum atomic E-state index is -0.422. The Bertz CT molecular complexity index is 836. The predicted molar refractivity (Wildman–Crippen MR) is 111 cm³/mol. The molecule has 1 amide bonds. The van der Waals surface area contributed by atoms with Crippen LogP contribution in [0.15, 0.2) is 30.3 Å². The summed E-state index contributed by atoms with van der Waals surface area (Å²) >= 11 is 0. The van der Waals surface area contributed by atoms with E-state index in [1.165, 1.54) is 5.56 Å². The molecule has 1 aliphatic rings. The Hall–Kier alpha value is -2.60. The average molecular weight is 399 g/mol. The van der Waals surface area contributed by atoms with Gasteiger partial charge in [-0.15, -0.1) is 0 Å². The second kappa shape index (κ2) is 9.74. The lowest BCUT2D eigenvalue weighted by atomic mass is 9.90. The van der Waals surface area contributed by atoms with Gasteiger partial charge in [0.1, 0.15) is 12.3 Å². The van der Waals surface area contributed by atoms with Crippen molar-refractivity contribution >= 4 is 11.9 Å². The summed E-state index contributed by atoms with van der Waals surface area (Å²) in [5.41, 5.74) is 3.60. The SMILES string of the molecule is COCCOC(=O)c1c(C)[nH]c(C(=O)N2CCC(Cc3ccccc3)CC2)c1C. The molecule has 156 valence electrons. The zero-order chi connectivity index (χ0) is 20.8. The quantitative estimate of drug-likeness (QED) is 0.572. The van der Waals surface area contributed by atoms with Crippen LogP contribution in [-0.4, -0.2) is 55.2 Å². The minimum absolute atomic E-state index is 0.0419. The highest BCUT2D eigenvalue weighted by molar-refractivity contribution is 6.00. The van der Waals surface area contributed by atoms with E-state index in [0.717, 1.165) is 32.4 Å². The molecule has 0 saturated carbocycles. The smallest absolute Gasteiger partial charge is 0.340 e. The Balaban J connectivity index is 1.61. The Morgan fingerprint density at radius 3 is 2.45 bits per heavy atom. The third kappa shape index (κ3) is 5.07. The zero-order valence-corrected chi connectivity index (χ0v) is 17.5. The Morgan fingerprint density at radius 2 is 1.79 bits per heavy atom. The molecule has 0 atom stereocenters. The molecule has 29 heavy (non-hydrogen) atoms. The number of esters is 1. The van der Waals surface area contributed by atoms with E-state index in [0.29, 0.717) is 35.0 Å². The molecule has 1 fully saturated rings. The van der Waals surface area contributed by atoms with Gasteiger partial charge in [-0.25, -0.2) is 4.79 Å². The highest BCUT2D eigenvalue weighted by Crippen LogP contribution is 2.25. The van der Waals surface area contributed by atoms with Gasteiger partial charge in [-0.2, -0.15) is 0 Å². The van der Waals surface area contributed by atoms with Crippen LogP contribution in [0.1, 0.15) is 50.5 Å². The highest BCUT2D eigenvalue weighted by Gasteiger charge is 2.28. The molecule has 0 bridgehead atoms. The number of hydrogen-bond acceptors (Lipinski definition) is 4. The van der Waals surface area contributed by atoms with Crippen LogP contribution in [0.3, 0.4) is 0 Å². The number of H-pyrrole nitrogens is 1. The number of nitrogens with one attached hydrogen (secondary N) is 1. The summed E-state index contributed by atoms with van der Waals surface area (Å²) in [5.74, 6) is 0.132. The third-order valence-corrected chi connectivity index (χ3v) is 5.65. The number of methoxy groups -OCH3 is 1. The van der Waals surface area contributed by atoms with Crippen molar-refractivity contribution in [2.75, 3.05) is 33.4 Å². The number of aromatic nitrogens is 1. The zero-order valence-electron chi connectivity index (χ0n) is 17.5. The lowest BCUT2D eigenvalue weighted by Gasteiger charge is -2.32. The van der Waals surface area contributed by atoms with Crippen molar-refractivity contribution in [3.05, 3.63) is 58.4 Å². The fourth-order valence-corrected chi connectivity index (χ4v) is 4.01. The number of piperidine rings is 1. The summed E-state index contributed by atoms with van der Waals surface area (Å²) in [7, 11) is 1.56. The van der Waals surface area contributed by atoms with Gasteiger partial charge in [0.15, 0.2) is 0 Å². The number of ether oxygens (including phenoxy) is 2. The molecule has 0 radical (unpaired) electrons. The van der Waals surface area contributed by atoms with Crippen molar-refractivity contribution in [2.45, 2.75) is 33.1 Å². The highest BCUT2D eigenvalue weighted by atomic mass is 16.6. The van der Waals surface area contributed by atoms with Gasteiger partial charge in [-0.3, -0.25) is 4.79 Å². The number of benzene rings is 1. The van der Waals surface area contributed by atoms with E-state index in [9.17, 15) is 9.59 Å². The normalized spacial score (nSPS) is 14.8. The first-order valence-electron chi connectivity index (χ1n) is 10.2. The fraction of sp³-hybridized carbons (Fsp3) is 0.478. The maximum absolute atomic E-state index is 13.1. The lowest BCUT2D eigenvalue weighted by Crippen LogP contribution is -2.39. The Morgan fingerprint density at radius 1 is 1.10 bits per heavy atom. The minimum Gasteiger partial charge on any atom is -0.460 e. The molecule has 1 aliphatic heterocycles.